The molecule has 2 saturated carbocycles. The predicted molar refractivity (Wildman–Crippen MR) is 49.4 cm³/mol. The minimum absolute atomic E-state index is 0.236. The number of fused-ring (bicyclic) bond motifs is 1. The Labute approximate surface area is 78.8 Å². The van der Waals surface area contributed by atoms with E-state index < -0.39 is 0 Å². The lowest BCUT2D eigenvalue weighted by atomic mass is 9.96. The molecule has 2 fully saturated rings. The monoisotopic (exact) mass is 183 g/mol. The molecule has 0 spiro atoms. The van der Waals surface area contributed by atoms with E-state index in [0.29, 0.717) is 12.6 Å². The van der Waals surface area contributed by atoms with Gasteiger partial charge in [-0.05, 0) is 31.6 Å². The van der Waals surface area contributed by atoms with E-state index >= 15 is 0 Å². The van der Waals surface area contributed by atoms with Crippen molar-refractivity contribution in [3.05, 3.63) is 0 Å². The van der Waals surface area contributed by atoms with Crippen molar-refractivity contribution in [2.45, 2.75) is 38.6 Å². The second-order valence-electron chi connectivity index (χ2n) is 4.06. The van der Waals surface area contributed by atoms with E-state index in [4.69, 9.17) is 4.74 Å². The number of alkyl carbamates (subject to hydrolysis) is 1. The van der Waals surface area contributed by atoms with Gasteiger partial charge < -0.3 is 10.1 Å². The Hall–Kier alpha value is -0.730. The number of hydrogen-bond acceptors (Lipinski definition) is 2. The summed E-state index contributed by atoms with van der Waals surface area (Å²) < 4.78 is 4.86. The van der Waals surface area contributed by atoms with Crippen LogP contribution >= 0.6 is 0 Å². The molecule has 13 heavy (non-hydrogen) atoms. The number of hydrogen-bond donors (Lipinski definition) is 1. The van der Waals surface area contributed by atoms with Gasteiger partial charge in [0.05, 0.1) is 6.61 Å². The van der Waals surface area contributed by atoms with Crippen LogP contribution in [-0.4, -0.2) is 18.7 Å². The van der Waals surface area contributed by atoms with Crippen molar-refractivity contribution in [3.63, 3.8) is 0 Å². The zero-order chi connectivity index (χ0) is 9.26. The van der Waals surface area contributed by atoms with Gasteiger partial charge in [-0.2, -0.15) is 0 Å². The molecular formula is C10H17NO2. The largest absolute Gasteiger partial charge is 0.450 e. The lowest BCUT2D eigenvalue weighted by molar-refractivity contribution is 0.144. The maximum Gasteiger partial charge on any atom is 0.407 e. The van der Waals surface area contributed by atoms with Gasteiger partial charge in [-0.1, -0.05) is 12.8 Å². The highest BCUT2D eigenvalue weighted by Gasteiger charge is 2.45. The molecule has 0 aromatic heterocycles. The van der Waals surface area contributed by atoms with E-state index in [1.807, 2.05) is 6.92 Å². The van der Waals surface area contributed by atoms with Crippen LogP contribution in [0.5, 0.6) is 0 Å². The van der Waals surface area contributed by atoms with Crippen molar-refractivity contribution in [3.8, 4) is 0 Å². The molecule has 0 radical (unpaired) electrons. The molecule has 2 rings (SSSR count). The van der Waals surface area contributed by atoms with Crippen molar-refractivity contribution in [1.82, 2.24) is 5.32 Å². The first-order valence-electron chi connectivity index (χ1n) is 5.24. The van der Waals surface area contributed by atoms with Gasteiger partial charge in [0.25, 0.3) is 0 Å². The Balaban J connectivity index is 1.77. The van der Waals surface area contributed by atoms with Gasteiger partial charge in [-0.3, -0.25) is 0 Å². The minimum Gasteiger partial charge on any atom is -0.450 e. The number of rotatable bonds is 2. The van der Waals surface area contributed by atoms with Crippen LogP contribution < -0.4 is 5.32 Å². The standard InChI is InChI=1S/C10H17NO2/c1-2-13-10(12)11-9-5-3-4-7-6-8(7)9/h7-9H,2-6H2,1H3,(H,11,12)/t7-,8+,9?/m0/s1. The van der Waals surface area contributed by atoms with Crippen LogP contribution in [0.2, 0.25) is 0 Å². The molecule has 0 aromatic rings. The molecular weight excluding hydrogens is 166 g/mol. The number of amides is 1. The number of carbonyl (C=O) groups is 1. The molecule has 3 heteroatoms. The maximum absolute atomic E-state index is 11.1. The van der Waals surface area contributed by atoms with Crippen LogP contribution in [0.4, 0.5) is 4.79 Å². The highest BCUT2D eigenvalue weighted by atomic mass is 16.5. The Morgan fingerprint density at radius 1 is 1.54 bits per heavy atom. The summed E-state index contributed by atoms with van der Waals surface area (Å²) in [6, 6.07) is 0.401. The maximum atomic E-state index is 11.1. The predicted octanol–water partition coefficient (Wildman–Crippen LogP) is 1.92. The molecule has 0 bridgehead atoms. The molecule has 3 atom stereocenters. The first kappa shape index (κ1) is 8.85. The summed E-state index contributed by atoms with van der Waals surface area (Å²) in [6.45, 7) is 2.30. The van der Waals surface area contributed by atoms with Crippen LogP contribution in [0.1, 0.15) is 32.6 Å². The lowest BCUT2D eigenvalue weighted by Gasteiger charge is -2.21. The van der Waals surface area contributed by atoms with E-state index in [1.165, 1.54) is 19.3 Å². The van der Waals surface area contributed by atoms with Crippen LogP contribution in [0, 0.1) is 11.8 Å². The second kappa shape index (κ2) is 3.56. The molecule has 2 aliphatic rings. The Morgan fingerprint density at radius 2 is 2.38 bits per heavy atom. The topological polar surface area (TPSA) is 38.3 Å². The van der Waals surface area contributed by atoms with Crippen molar-refractivity contribution in [1.29, 1.82) is 0 Å². The van der Waals surface area contributed by atoms with E-state index in [-0.39, 0.29) is 6.09 Å². The molecule has 0 aromatic carbocycles. The normalized spacial score (nSPS) is 36.2. The Kier molecular flexibility index (Phi) is 2.42. The fraction of sp³-hybridized carbons (Fsp3) is 0.900. The first-order valence-corrected chi connectivity index (χ1v) is 5.24. The smallest absolute Gasteiger partial charge is 0.407 e. The van der Waals surface area contributed by atoms with Gasteiger partial charge in [0, 0.05) is 6.04 Å². The highest BCUT2D eigenvalue weighted by Crippen LogP contribution is 2.49. The van der Waals surface area contributed by atoms with Crippen LogP contribution in [0.3, 0.4) is 0 Å². The van der Waals surface area contributed by atoms with Gasteiger partial charge in [-0.25, -0.2) is 4.79 Å². The Bertz CT molecular complexity index is 205. The molecule has 0 heterocycles. The first-order chi connectivity index (χ1) is 6.31. The van der Waals surface area contributed by atoms with Crippen molar-refractivity contribution < 1.29 is 9.53 Å². The second-order valence-corrected chi connectivity index (χ2v) is 4.06. The van der Waals surface area contributed by atoms with Gasteiger partial charge in [0.15, 0.2) is 0 Å². The lowest BCUT2D eigenvalue weighted by Crippen LogP contribution is -2.38. The molecule has 3 nitrogen and oxygen atoms in total. The molecule has 1 N–H and O–H groups in total. The summed E-state index contributed by atoms with van der Waals surface area (Å²) in [7, 11) is 0. The van der Waals surface area contributed by atoms with Crippen molar-refractivity contribution >= 4 is 6.09 Å². The fourth-order valence-electron chi connectivity index (χ4n) is 2.41. The Morgan fingerprint density at radius 3 is 3.15 bits per heavy atom. The van der Waals surface area contributed by atoms with Crippen molar-refractivity contribution in [2.75, 3.05) is 6.61 Å². The quantitative estimate of drug-likeness (QED) is 0.710. The molecule has 74 valence electrons. The molecule has 1 unspecified atom stereocenters. The zero-order valence-corrected chi connectivity index (χ0v) is 8.08. The van der Waals surface area contributed by atoms with E-state index in [9.17, 15) is 4.79 Å². The minimum atomic E-state index is -0.236. The third kappa shape index (κ3) is 1.95. The number of carbonyl (C=O) groups excluding carboxylic acids is 1. The summed E-state index contributed by atoms with van der Waals surface area (Å²) in [5, 5.41) is 2.95. The molecule has 1 amide bonds. The number of nitrogens with one attached hydrogen (secondary N) is 1. The summed E-state index contributed by atoms with van der Waals surface area (Å²) in [5.74, 6) is 1.67. The molecule has 2 aliphatic carbocycles. The van der Waals surface area contributed by atoms with Crippen LogP contribution in [-0.2, 0) is 4.74 Å². The van der Waals surface area contributed by atoms with Gasteiger partial charge in [-0.15, -0.1) is 0 Å². The van der Waals surface area contributed by atoms with Gasteiger partial charge in [0.1, 0.15) is 0 Å². The fourth-order valence-corrected chi connectivity index (χ4v) is 2.41. The third-order valence-corrected chi connectivity index (χ3v) is 3.16. The van der Waals surface area contributed by atoms with Crippen molar-refractivity contribution in [2.24, 2.45) is 11.8 Å². The van der Waals surface area contributed by atoms with E-state index in [1.54, 1.807) is 0 Å². The van der Waals surface area contributed by atoms with Gasteiger partial charge in [0.2, 0.25) is 0 Å². The summed E-state index contributed by atoms with van der Waals surface area (Å²) >= 11 is 0. The van der Waals surface area contributed by atoms with E-state index in [0.717, 1.165) is 18.3 Å². The summed E-state index contributed by atoms with van der Waals surface area (Å²) in [5.41, 5.74) is 0. The molecule has 0 aliphatic heterocycles. The van der Waals surface area contributed by atoms with Crippen LogP contribution in [0.25, 0.3) is 0 Å². The third-order valence-electron chi connectivity index (χ3n) is 3.16. The highest BCUT2D eigenvalue weighted by molar-refractivity contribution is 5.67. The SMILES string of the molecule is CCOC(=O)NC1CCC[C@H]2C[C@@H]12. The zero-order valence-electron chi connectivity index (χ0n) is 8.08. The number of ether oxygens (including phenoxy) is 1. The summed E-state index contributed by atoms with van der Waals surface area (Å²) in [6.07, 6.45) is 4.85. The van der Waals surface area contributed by atoms with Crippen LogP contribution in [0.15, 0.2) is 0 Å². The summed E-state index contributed by atoms with van der Waals surface area (Å²) in [4.78, 5) is 11.1. The molecule has 0 saturated heterocycles. The van der Waals surface area contributed by atoms with Gasteiger partial charge >= 0.3 is 6.09 Å². The average molecular weight is 183 g/mol. The average Bonchev–Trinajstić information content (AvgIpc) is 2.84. The van der Waals surface area contributed by atoms with E-state index in [2.05, 4.69) is 5.32 Å².